The van der Waals surface area contributed by atoms with Crippen LogP contribution in [0.2, 0.25) is 0 Å². The Kier molecular flexibility index (Phi) is 5.51. The van der Waals surface area contributed by atoms with Crippen molar-refractivity contribution in [2.75, 3.05) is 18.4 Å². The van der Waals surface area contributed by atoms with Crippen LogP contribution in [0.3, 0.4) is 0 Å². The van der Waals surface area contributed by atoms with Gasteiger partial charge in [0.15, 0.2) is 5.82 Å². The average Bonchev–Trinajstić information content (AvgIpc) is 3.41. The molecule has 1 aliphatic rings. The smallest absolute Gasteiger partial charge is 0.319 e. The van der Waals surface area contributed by atoms with Crippen LogP contribution in [-0.2, 0) is 4.79 Å². The van der Waals surface area contributed by atoms with Crippen LogP contribution in [0.1, 0.15) is 24.4 Å². The molecule has 0 radical (unpaired) electrons. The normalized spacial score (nSPS) is 14.6. The van der Waals surface area contributed by atoms with Crippen molar-refractivity contribution in [3.8, 4) is 5.82 Å². The van der Waals surface area contributed by atoms with E-state index >= 15 is 0 Å². The Morgan fingerprint density at radius 2 is 2.00 bits per heavy atom. The number of likely N-dealkylation sites (tertiary alicyclic amines) is 1. The fourth-order valence-electron chi connectivity index (χ4n) is 3.36. The van der Waals surface area contributed by atoms with E-state index < -0.39 is 0 Å². The number of urea groups is 1. The summed E-state index contributed by atoms with van der Waals surface area (Å²) in [4.78, 5) is 30.7. The molecule has 8 nitrogen and oxygen atoms in total. The Morgan fingerprint density at radius 3 is 2.66 bits per heavy atom. The zero-order valence-corrected chi connectivity index (χ0v) is 15.9. The van der Waals surface area contributed by atoms with Crippen molar-refractivity contribution in [2.24, 2.45) is 0 Å². The van der Waals surface area contributed by atoms with Crippen LogP contribution >= 0.6 is 0 Å². The molecule has 2 N–H and O–H groups in total. The molecule has 1 saturated heterocycles. The van der Waals surface area contributed by atoms with Gasteiger partial charge in [0.05, 0.1) is 17.9 Å². The van der Waals surface area contributed by atoms with Crippen molar-refractivity contribution in [2.45, 2.75) is 18.9 Å². The van der Waals surface area contributed by atoms with Gasteiger partial charge in [-0.05, 0) is 30.2 Å². The van der Waals surface area contributed by atoms with Gasteiger partial charge in [0.2, 0.25) is 5.91 Å². The van der Waals surface area contributed by atoms with Crippen molar-refractivity contribution >= 4 is 17.6 Å². The molecule has 1 atom stereocenters. The molecule has 1 fully saturated rings. The summed E-state index contributed by atoms with van der Waals surface area (Å²) in [5.74, 6) is 0.794. The number of hydrogen-bond acceptors (Lipinski definition) is 4. The molecule has 0 aliphatic carbocycles. The highest BCUT2D eigenvalue weighted by molar-refractivity contribution is 5.89. The molecule has 0 unspecified atom stereocenters. The molecule has 29 heavy (non-hydrogen) atoms. The largest absolute Gasteiger partial charge is 0.340 e. The molecule has 3 aromatic rings. The average molecular weight is 390 g/mol. The van der Waals surface area contributed by atoms with Crippen LogP contribution < -0.4 is 10.6 Å². The molecular formula is C21H22N6O2. The summed E-state index contributed by atoms with van der Waals surface area (Å²) in [7, 11) is 0. The van der Waals surface area contributed by atoms with Crippen molar-refractivity contribution in [1.82, 2.24) is 25.0 Å². The number of pyridine rings is 1. The minimum absolute atomic E-state index is 0.131. The summed E-state index contributed by atoms with van der Waals surface area (Å²) in [6.45, 7) is 1.18. The molecular weight excluding hydrogens is 368 g/mol. The quantitative estimate of drug-likeness (QED) is 0.677. The predicted molar refractivity (Wildman–Crippen MR) is 109 cm³/mol. The second kappa shape index (κ2) is 8.55. The van der Waals surface area contributed by atoms with Crippen LogP contribution in [0.5, 0.6) is 0 Å². The second-order valence-corrected chi connectivity index (χ2v) is 6.86. The number of aromatic nitrogens is 3. The lowest BCUT2D eigenvalue weighted by atomic mass is 10.1. The molecule has 0 bridgehead atoms. The van der Waals surface area contributed by atoms with Crippen LogP contribution in [-0.4, -0.2) is 44.7 Å². The summed E-state index contributed by atoms with van der Waals surface area (Å²) in [5, 5.41) is 9.91. The van der Waals surface area contributed by atoms with Crippen molar-refractivity contribution in [3.05, 3.63) is 72.7 Å². The first-order chi connectivity index (χ1) is 14.2. The first kappa shape index (κ1) is 18.7. The number of rotatable bonds is 6. The molecule has 4 rings (SSSR count). The van der Waals surface area contributed by atoms with Gasteiger partial charge in [-0.2, -0.15) is 5.10 Å². The third-order valence-electron chi connectivity index (χ3n) is 4.83. The lowest BCUT2D eigenvalue weighted by Crippen LogP contribution is -2.40. The molecule has 0 spiro atoms. The van der Waals surface area contributed by atoms with Gasteiger partial charge in [-0.3, -0.25) is 4.79 Å². The lowest BCUT2D eigenvalue weighted by Gasteiger charge is -2.25. The number of anilines is 1. The lowest BCUT2D eigenvalue weighted by molar-refractivity contribution is -0.128. The topological polar surface area (TPSA) is 92.2 Å². The number of nitrogens with zero attached hydrogens (tertiary/aromatic N) is 4. The maximum absolute atomic E-state index is 12.6. The zero-order chi connectivity index (χ0) is 20.1. The third kappa shape index (κ3) is 4.60. The van der Waals surface area contributed by atoms with Gasteiger partial charge in [-0.1, -0.05) is 30.3 Å². The fourth-order valence-corrected chi connectivity index (χ4v) is 3.36. The number of benzene rings is 1. The summed E-state index contributed by atoms with van der Waals surface area (Å²) < 4.78 is 1.64. The first-order valence-corrected chi connectivity index (χ1v) is 9.55. The van der Waals surface area contributed by atoms with E-state index in [0.29, 0.717) is 24.5 Å². The standard InChI is InChI=1S/C21H22N6O2/c28-20-8-4-12-26(20)15-18(16-6-2-1-3-7-16)25-21(29)24-17-9-10-19(22-14-17)27-13-5-11-23-27/h1-3,5-7,9-11,13-14,18H,4,8,12,15H2,(H2,24,25,29)/t18-/m0/s1. The van der Waals surface area contributed by atoms with Crippen molar-refractivity contribution in [3.63, 3.8) is 0 Å². The minimum Gasteiger partial charge on any atom is -0.340 e. The molecule has 3 heterocycles. The summed E-state index contributed by atoms with van der Waals surface area (Å²) in [6, 6.07) is 14.4. The fraction of sp³-hybridized carbons (Fsp3) is 0.238. The van der Waals surface area contributed by atoms with E-state index in [1.54, 1.807) is 40.3 Å². The zero-order valence-electron chi connectivity index (χ0n) is 15.9. The number of hydrogen-bond donors (Lipinski definition) is 2. The SMILES string of the molecule is O=C(Nc1ccc(-n2cccn2)nc1)N[C@@H](CN1CCCC1=O)c1ccccc1. The molecule has 1 aromatic carbocycles. The first-order valence-electron chi connectivity index (χ1n) is 9.55. The minimum atomic E-state index is -0.348. The predicted octanol–water partition coefficient (Wildman–Crippen LogP) is 2.75. The number of carbonyl (C=O) groups excluding carboxylic acids is 2. The second-order valence-electron chi connectivity index (χ2n) is 6.86. The van der Waals surface area contributed by atoms with Gasteiger partial charge >= 0.3 is 6.03 Å². The van der Waals surface area contributed by atoms with Gasteiger partial charge in [-0.25, -0.2) is 14.5 Å². The summed E-state index contributed by atoms with van der Waals surface area (Å²) in [6.07, 6.45) is 6.49. The van der Waals surface area contributed by atoms with Crippen LogP contribution in [0.25, 0.3) is 5.82 Å². The highest BCUT2D eigenvalue weighted by Crippen LogP contribution is 2.19. The van der Waals surface area contributed by atoms with Gasteiger partial charge in [0.25, 0.3) is 0 Å². The molecule has 2 aromatic heterocycles. The Morgan fingerprint density at radius 1 is 1.14 bits per heavy atom. The molecule has 1 aliphatic heterocycles. The van der Waals surface area contributed by atoms with Crippen molar-refractivity contribution < 1.29 is 9.59 Å². The molecule has 8 heteroatoms. The van der Waals surface area contributed by atoms with Gasteiger partial charge in [0.1, 0.15) is 0 Å². The highest BCUT2D eigenvalue weighted by Gasteiger charge is 2.25. The van der Waals surface area contributed by atoms with E-state index in [1.807, 2.05) is 36.4 Å². The number of nitrogens with one attached hydrogen (secondary N) is 2. The Balaban J connectivity index is 1.42. The van der Waals surface area contributed by atoms with Crippen LogP contribution in [0.4, 0.5) is 10.5 Å². The number of amides is 3. The maximum Gasteiger partial charge on any atom is 0.319 e. The Bertz CT molecular complexity index is 957. The number of carbonyl (C=O) groups is 2. The van der Waals surface area contributed by atoms with E-state index in [-0.39, 0.29) is 18.0 Å². The van der Waals surface area contributed by atoms with E-state index in [4.69, 9.17) is 0 Å². The third-order valence-corrected chi connectivity index (χ3v) is 4.83. The van der Waals surface area contributed by atoms with E-state index in [1.165, 1.54) is 0 Å². The van der Waals surface area contributed by atoms with Gasteiger partial charge in [0, 0.05) is 31.9 Å². The maximum atomic E-state index is 12.6. The molecule has 0 saturated carbocycles. The summed E-state index contributed by atoms with van der Waals surface area (Å²) >= 11 is 0. The highest BCUT2D eigenvalue weighted by atomic mass is 16.2. The van der Waals surface area contributed by atoms with Gasteiger partial charge in [-0.15, -0.1) is 0 Å². The van der Waals surface area contributed by atoms with E-state index in [9.17, 15) is 9.59 Å². The van der Waals surface area contributed by atoms with E-state index in [2.05, 4.69) is 20.7 Å². The Labute approximate surface area is 168 Å². The van der Waals surface area contributed by atoms with Crippen molar-refractivity contribution in [1.29, 1.82) is 0 Å². The monoisotopic (exact) mass is 390 g/mol. The molecule has 148 valence electrons. The molecule has 3 amide bonds. The van der Waals surface area contributed by atoms with Crippen LogP contribution in [0.15, 0.2) is 67.1 Å². The Hall–Kier alpha value is -3.68. The summed E-state index contributed by atoms with van der Waals surface area (Å²) in [5.41, 5.74) is 1.52. The van der Waals surface area contributed by atoms with Crippen LogP contribution in [0, 0.1) is 0 Å². The van der Waals surface area contributed by atoms with Gasteiger partial charge < -0.3 is 15.5 Å². The van der Waals surface area contributed by atoms with E-state index in [0.717, 1.165) is 18.5 Å².